The van der Waals surface area contributed by atoms with Gasteiger partial charge in [-0.05, 0) is 80.8 Å². The van der Waals surface area contributed by atoms with Crippen LogP contribution in [0.2, 0.25) is 0 Å². The van der Waals surface area contributed by atoms with E-state index in [0.717, 1.165) is 31.6 Å². The van der Waals surface area contributed by atoms with Crippen LogP contribution in [0.15, 0.2) is 71.6 Å². The normalized spacial score (nSPS) is 13.3. The summed E-state index contributed by atoms with van der Waals surface area (Å²) in [6, 6.07) is 19.6. The number of rotatable bonds is 11. The number of nitrogens with zero attached hydrogens (tertiary/aromatic N) is 2. The molecule has 4 aromatic rings. The molecule has 1 saturated carbocycles. The molecule has 1 aliphatic carbocycles. The largest absolute Gasteiger partial charge is 0.383 e. The molecular weight excluding hydrogens is 502 g/mol. The fourth-order valence-electron chi connectivity index (χ4n) is 4.21. The van der Waals surface area contributed by atoms with Gasteiger partial charge in [0.2, 0.25) is 11.9 Å². The number of aryl methyl sites for hydroxylation is 1. The van der Waals surface area contributed by atoms with Gasteiger partial charge in [-0.3, -0.25) is 10.1 Å². The highest BCUT2D eigenvalue weighted by molar-refractivity contribution is 7.87. The van der Waals surface area contributed by atoms with Crippen LogP contribution in [-0.2, 0) is 14.9 Å². The molecule has 0 aliphatic heterocycles. The SMILES string of the molecule is CCN(CCNc1ccc(S(=O)(=O)Oc2ccc3nc(NC(=O)C4CC4)[nH]c3c2)cc1)c1cccc(C)c1. The van der Waals surface area contributed by atoms with Crippen molar-refractivity contribution in [1.82, 2.24) is 9.97 Å². The van der Waals surface area contributed by atoms with Crippen molar-refractivity contribution in [3.63, 3.8) is 0 Å². The fourth-order valence-corrected chi connectivity index (χ4v) is 5.13. The summed E-state index contributed by atoms with van der Waals surface area (Å²) in [5.41, 5.74) is 4.39. The van der Waals surface area contributed by atoms with Crippen LogP contribution < -0.4 is 19.7 Å². The molecule has 0 spiro atoms. The number of aromatic nitrogens is 2. The van der Waals surface area contributed by atoms with Crippen molar-refractivity contribution in [2.45, 2.75) is 31.6 Å². The molecule has 10 heteroatoms. The Bertz CT molecular complexity index is 1550. The Morgan fingerprint density at radius 2 is 1.89 bits per heavy atom. The Kier molecular flexibility index (Phi) is 7.24. The lowest BCUT2D eigenvalue weighted by Gasteiger charge is -2.24. The highest BCUT2D eigenvalue weighted by atomic mass is 32.2. The van der Waals surface area contributed by atoms with Gasteiger partial charge in [0.25, 0.3) is 0 Å². The number of carbonyl (C=O) groups excluding carboxylic acids is 1. The summed E-state index contributed by atoms with van der Waals surface area (Å²) in [7, 11) is -4.03. The maximum Gasteiger partial charge on any atom is 0.339 e. The first kappa shape index (κ1) is 25.6. The van der Waals surface area contributed by atoms with Gasteiger partial charge in [-0.15, -0.1) is 0 Å². The highest BCUT2D eigenvalue weighted by Gasteiger charge is 2.30. The van der Waals surface area contributed by atoms with Gasteiger partial charge < -0.3 is 19.4 Å². The molecular formula is C28H31N5O4S. The lowest BCUT2D eigenvalue weighted by molar-refractivity contribution is -0.117. The van der Waals surface area contributed by atoms with Crippen LogP contribution in [0.3, 0.4) is 0 Å². The number of likely N-dealkylation sites (N-methyl/N-ethyl adjacent to an activating group) is 1. The van der Waals surface area contributed by atoms with E-state index in [-0.39, 0.29) is 22.5 Å². The molecule has 5 rings (SSSR count). The number of aromatic amines is 1. The molecule has 0 bridgehead atoms. The zero-order valence-corrected chi connectivity index (χ0v) is 22.2. The van der Waals surface area contributed by atoms with Crippen LogP contribution in [-0.4, -0.2) is 43.9 Å². The van der Waals surface area contributed by atoms with Crippen molar-refractivity contribution in [2.24, 2.45) is 5.92 Å². The van der Waals surface area contributed by atoms with Gasteiger partial charge in [-0.2, -0.15) is 8.42 Å². The molecule has 0 unspecified atom stereocenters. The summed E-state index contributed by atoms with van der Waals surface area (Å²) in [4.78, 5) is 21.6. The monoisotopic (exact) mass is 533 g/mol. The average Bonchev–Trinajstić information content (AvgIpc) is 3.67. The lowest BCUT2D eigenvalue weighted by Crippen LogP contribution is -2.28. The van der Waals surface area contributed by atoms with E-state index in [9.17, 15) is 13.2 Å². The van der Waals surface area contributed by atoms with Crippen molar-refractivity contribution >= 4 is 44.4 Å². The minimum atomic E-state index is -4.03. The van der Waals surface area contributed by atoms with Crippen molar-refractivity contribution in [1.29, 1.82) is 0 Å². The van der Waals surface area contributed by atoms with E-state index in [4.69, 9.17) is 4.18 Å². The topological polar surface area (TPSA) is 116 Å². The Balaban J connectivity index is 1.19. The molecule has 0 saturated heterocycles. The van der Waals surface area contributed by atoms with Crippen molar-refractivity contribution in [2.75, 3.05) is 35.2 Å². The first-order valence-electron chi connectivity index (χ1n) is 12.7. The molecule has 0 radical (unpaired) electrons. The summed E-state index contributed by atoms with van der Waals surface area (Å²) in [5, 5.41) is 6.10. The summed E-state index contributed by atoms with van der Waals surface area (Å²) in [5.74, 6) is 0.480. The van der Waals surface area contributed by atoms with Gasteiger partial charge in [0, 0.05) is 43.0 Å². The maximum atomic E-state index is 12.9. The molecule has 1 fully saturated rings. The third kappa shape index (κ3) is 6.08. The third-order valence-electron chi connectivity index (χ3n) is 6.45. The van der Waals surface area contributed by atoms with Crippen LogP contribution in [0.25, 0.3) is 11.0 Å². The first-order valence-corrected chi connectivity index (χ1v) is 14.1. The quantitative estimate of drug-likeness (QED) is 0.234. The predicted molar refractivity (Wildman–Crippen MR) is 149 cm³/mol. The second-order valence-corrected chi connectivity index (χ2v) is 11.0. The molecule has 1 aromatic heterocycles. The number of amides is 1. The van der Waals surface area contributed by atoms with Crippen LogP contribution in [0, 0.1) is 12.8 Å². The molecule has 1 heterocycles. The summed E-state index contributed by atoms with van der Waals surface area (Å²) < 4.78 is 31.1. The van der Waals surface area contributed by atoms with E-state index >= 15 is 0 Å². The smallest absolute Gasteiger partial charge is 0.339 e. The van der Waals surface area contributed by atoms with Gasteiger partial charge in [0.05, 0.1) is 11.0 Å². The number of fused-ring (bicyclic) bond motifs is 1. The Morgan fingerprint density at radius 3 is 2.61 bits per heavy atom. The average molecular weight is 534 g/mol. The number of H-pyrrole nitrogens is 1. The van der Waals surface area contributed by atoms with Gasteiger partial charge in [-0.25, -0.2) is 4.98 Å². The number of carbonyl (C=O) groups is 1. The Hall–Kier alpha value is -4.05. The van der Waals surface area contributed by atoms with Crippen LogP contribution >= 0.6 is 0 Å². The minimum Gasteiger partial charge on any atom is -0.383 e. The zero-order valence-electron chi connectivity index (χ0n) is 21.4. The van der Waals surface area contributed by atoms with Gasteiger partial charge >= 0.3 is 10.1 Å². The van der Waals surface area contributed by atoms with E-state index in [0.29, 0.717) is 23.5 Å². The van der Waals surface area contributed by atoms with E-state index in [1.165, 1.54) is 29.4 Å². The first-order chi connectivity index (χ1) is 18.3. The molecule has 1 amide bonds. The number of nitrogens with one attached hydrogen (secondary N) is 3. The van der Waals surface area contributed by atoms with E-state index in [1.54, 1.807) is 24.3 Å². The van der Waals surface area contributed by atoms with Gasteiger partial charge in [0.1, 0.15) is 10.6 Å². The summed E-state index contributed by atoms with van der Waals surface area (Å²) >= 11 is 0. The van der Waals surface area contributed by atoms with Crippen molar-refractivity contribution in [3.8, 4) is 5.75 Å². The Labute approximate surface area is 222 Å². The van der Waals surface area contributed by atoms with Gasteiger partial charge in [-0.1, -0.05) is 12.1 Å². The van der Waals surface area contributed by atoms with Gasteiger partial charge in [0.15, 0.2) is 0 Å². The van der Waals surface area contributed by atoms with Crippen molar-refractivity contribution < 1.29 is 17.4 Å². The number of imidazole rings is 1. The number of hydrogen-bond acceptors (Lipinski definition) is 7. The number of anilines is 3. The third-order valence-corrected chi connectivity index (χ3v) is 7.71. The molecule has 38 heavy (non-hydrogen) atoms. The molecule has 198 valence electrons. The minimum absolute atomic E-state index is 0.0542. The molecule has 3 aromatic carbocycles. The van der Waals surface area contributed by atoms with Crippen LogP contribution in [0.1, 0.15) is 25.3 Å². The molecule has 1 aliphatic rings. The lowest BCUT2D eigenvalue weighted by atomic mass is 10.2. The molecule has 3 N–H and O–H groups in total. The molecule has 0 atom stereocenters. The zero-order chi connectivity index (χ0) is 26.7. The second-order valence-electron chi connectivity index (χ2n) is 9.44. The summed E-state index contributed by atoms with van der Waals surface area (Å²) in [6.45, 7) is 6.61. The van der Waals surface area contributed by atoms with Crippen LogP contribution in [0.5, 0.6) is 5.75 Å². The number of benzene rings is 3. The standard InChI is InChI=1S/C28H31N5O4S/c1-3-33(22-6-4-5-19(2)17-22)16-15-29-21-9-12-24(13-10-21)38(35,36)37-23-11-14-25-26(18-23)31-28(30-25)32-27(34)20-7-8-20/h4-6,9-14,17-18,20,29H,3,7-8,15-16H2,1-2H3,(H2,30,31,32,34). The maximum absolute atomic E-state index is 12.9. The second kappa shape index (κ2) is 10.7. The Morgan fingerprint density at radius 1 is 1.11 bits per heavy atom. The van der Waals surface area contributed by atoms with E-state index in [2.05, 4.69) is 63.6 Å². The van der Waals surface area contributed by atoms with E-state index in [1.807, 2.05) is 0 Å². The predicted octanol–water partition coefficient (Wildman–Crippen LogP) is 4.93. The number of hydrogen-bond donors (Lipinski definition) is 3. The van der Waals surface area contributed by atoms with Crippen molar-refractivity contribution in [3.05, 3.63) is 72.3 Å². The van der Waals surface area contributed by atoms with Crippen LogP contribution in [0.4, 0.5) is 17.3 Å². The van der Waals surface area contributed by atoms with E-state index < -0.39 is 10.1 Å². The highest BCUT2D eigenvalue weighted by Crippen LogP contribution is 2.30. The fraction of sp³-hybridized carbons (Fsp3) is 0.286. The molecule has 9 nitrogen and oxygen atoms in total. The summed E-state index contributed by atoms with van der Waals surface area (Å²) in [6.07, 6.45) is 1.79.